The highest BCUT2D eigenvalue weighted by atomic mass is 15.3. The first-order valence-corrected chi connectivity index (χ1v) is 8.15. The number of aromatic amines is 1. The first-order valence-electron chi connectivity index (χ1n) is 8.15. The molecule has 0 saturated heterocycles. The van der Waals surface area contributed by atoms with Gasteiger partial charge in [-0.05, 0) is 31.5 Å². The average molecular weight is 321 g/mol. The first kappa shape index (κ1) is 14.6. The fourth-order valence-corrected chi connectivity index (χ4v) is 2.82. The van der Waals surface area contributed by atoms with Crippen LogP contribution in [0.5, 0.6) is 0 Å². The molecule has 0 atom stereocenters. The van der Waals surface area contributed by atoms with Gasteiger partial charge in [0.15, 0.2) is 11.5 Å². The summed E-state index contributed by atoms with van der Waals surface area (Å²) in [4.78, 5) is 8.96. The van der Waals surface area contributed by atoms with E-state index < -0.39 is 0 Å². The van der Waals surface area contributed by atoms with Gasteiger partial charge in [0.1, 0.15) is 5.52 Å². The highest BCUT2D eigenvalue weighted by Gasteiger charge is 2.11. The zero-order chi connectivity index (χ0) is 16.5. The van der Waals surface area contributed by atoms with Crippen molar-refractivity contribution in [1.82, 2.24) is 29.9 Å². The maximum Gasteiger partial charge on any atom is 0.178 e. The highest BCUT2D eigenvalue weighted by molar-refractivity contribution is 5.89. The van der Waals surface area contributed by atoms with E-state index in [-0.39, 0.29) is 0 Å². The minimum atomic E-state index is 0.697. The Labute approximate surface area is 139 Å². The van der Waals surface area contributed by atoms with E-state index in [0.29, 0.717) is 5.82 Å². The van der Waals surface area contributed by atoms with Crippen LogP contribution in [-0.4, -0.2) is 29.9 Å². The van der Waals surface area contributed by atoms with Crippen molar-refractivity contribution in [2.45, 2.75) is 33.2 Å². The lowest BCUT2D eigenvalue weighted by Crippen LogP contribution is -2.01. The van der Waals surface area contributed by atoms with Crippen LogP contribution in [-0.2, 0) is 6.54 Å². The number of anilines is 2. The molecule has 0 fully saturated rings. The number of hydrogen-bond acceptors (Lipinski definition) is 5. The molecule has 4 aromatic heterocycles. The number of fused-ring (bicyclic) bond motifs is 2. The largest absolute Gasteiger partial charge is 0.336 e. The average Bonchev–Trinajstić information content (AvgIpc) is 3.15. The molecular formula is C17H19N7. The zero-order valence-corrected chi connectivity index (χ0v) is 13.7. The minimum Gasteiger partial charge on any atom is -0.336 e. The van der Waals surface area contributed by atoms with Gasteiger partial charge in [0.25, 0.3) is 0 Å². The summed E-state index contributed by atoms with van der Waals surface area (Å²) in [6, 6.07) is 5.90. The number of hydrogen-bond donors (Lipinski definition) is 2. The molecule has 0 aliphatic carbocycles. The maximum atomic E-state index is 4.61. The Morgan fingerprint density at radius 1 is 1.29 bits per heavy atom. The summed E-state index contributed by atoms with van der Waals surface area (Å²) in [6.07, 6.45) is 5.81. The third-order valence-corrected chi connectivity index (χ3v) is 4.08. The van der Waals surface area contributed by atoms with Gasteiger partial charge in [0.05, 0.1) is 23.1 Å². The number of H-pyrrole nitrogens is 1. The van der Waals surface area contributed by atoms with Crippen LogP contribution in [0.1, 0.15) is 25.5 Å². The fraction of sp³-hybridized carbons (Fsp3) is 0.294. The van der Waals surface area contributed by atoms with Crippen LogP contribution in [0.3, 0.4) is 0 Å². The Morgan fingerprint density at radius 3 is 3.08 bits per heavy atom. The Morgan fingerprint density at radius 2 is 2.21 bits per heavy atom. The van der Waals surface area contributed by atoms with Crippen LogP contribution in [0.15, 0.2) is 30.6 Å². The van der Waals surface area contributed by atoms with Crippen LogP contribution in [0.25, 0.3) is 22.1 Å². The van der Waals surface area contributed by atoms with Gasteiger partial charge in [-0.15, -0.1) is 0 Å². The Balaban J connectivity index is 1.69. The van der Waals surface area contributed by atoms with E-state index in [2.05, 4.69) is 43.6 Å². The summed E-state index contributed by atoms with van der Waals surface area (Å²) in [5.41, 5.74) is 4.50. The lowest BCUT2D eigenvalue weighted by atomic mass is 10.2. The Bertz CT molecular complexity index is 999. The molecule has 4 rings (SSSR count). The molecule has 0 unspecified atom stereocenters. The number of rotatable bonds is 5. The number of aryl methyl sites for hydroxylation is 2. The molecule has 0 saturated carbocycles. The van der Waals surface area contributed by atoms with Crippen molar-refractivity contribution in [3.8, 4) is 0 Å². The van der Waals surface area contributed by atoms with Gasteiger partial charge >= 0.3 is 0 Å². The number of unbranched alkanes of at least 4 members (excludes halogenated alkanes) is 1. The van der Waals surface area contributed by atoms with Crippen molar-refractivity contribution in [2.75, 3.05) is 5.32 Å². The van der Waals surface area contributed by atoms with Crippen molar-refractivity contribution < 1.29 is 0 Å². The van der Waals surface area contributed by atoms with E-state index in [1.807, 2.05) is 29.9 Å². The Hall–Kier alpha value is -2.96. The van der Waals surface area contributed by atoms with Gasteiger partial charge in [-0.25, -0.2) is 9.67 Å². The molecular weight excluding hydrogens is 302 g/mol. The first-order chi connectivity index (χ1) is 11.8. The van der Waals surface area contributed by atoms with Crippen molar-refractivity contribution in [3.63, 3.8) is 0 Å². The van der Waals surface area contributed by atoms with E-state index in [0.717, 1.165) is 52.8 Å². The van der Waals surface area contributed by atoms with Crippen LogP contribution >= 0.6 is 0 Å². The second kappa shape index (κ2) is 5.92. The van der Waals surface area contributed by atoms with E-state index in [4.69, 9.17) is 0 Å². The SMILES string of the molecule is CCCCn1nc(C)c2cc(Nc3n[nH]c4cccnc34)cnc21. The fourth-order valence-electron chi connectivity index (χ4n) is 2.82. The number of nitrogens with zero attached hydrogens (tertiary/aromatic N) is 5. The van der Waals surface area contributed by atoms with Crippen LogP contribution in [0.4, 0.5) is 11.5 Å². The van der Waals surface area contributed by atoms with Crippen molar-refractivity contribution in [3.05, 3.63) is 36.3 Å². The molecule has 0 bridgehead atoms. The van der Waals surface area contributed by atoms with Crippen molar-refractivity contribution in [2.24, 2.45) is 0 Å². The molecule has 122 valence electrons. The van der Waals surface area contributed by atoms with E-state index in [9.17, 15) is 0 Å². The molecule has 2 N–H and O–H groups in total. The maximum absolute atomic E-state index is 4.61. The monoisotopic (exact) mass is 321 g/mol. The summed E-state index contributed by atoms with van der Waals surface area (Å²) in [6.45, 7) is 5.09. The summed E-state index contributed by atoms with van der Waals surface area (Å²) < 4.78 is 1.99. The van der Waals surface area contributed by atoms with Crippen LogP contribution in [0, 0.1) is 6.92 Å². The molecule has 0 aliphatic heterocycles. The van der Waals surface area contributed by atoms with E-state index in [1.54, 1.807) is 6.20 Å². The van der Waals surface area contributed by atoms with Gasteiger partial charge < -0.3 is 5.32 Å². The molecule has 7 nitrogen and oxygen atoms in total. The molecule has 24 heavy (non-hydrogen) atoms. The van der Waals surface area contributed by atoms with Crippen molar-refractivity contribution >= 4 is 33.6 Å². The molecule has 7 heteroatoms. The zero-order valence-electron chi connectivity index (χ0n) is 13.7. The van der Waals surface area contributed by atoms with E-state index >= 15 is 0 Å². The van der Waals surface area contributed by atoms with Gasteiger partial charge in [0, 0.05) is 18.1 Å². The topological polar surface area (TPSA) is 84.3 Å². The quantitative estimate of drug-likeness (QED) is 0.587. The highest BCUT2D eigenvalue weighted by Crippen LogP contribution is 2.25. The predicted molar refractivity (Wildman–Crippen MR) is 94.3 cm³/mol. The van der Waals surface area contributed by atoms with Crippen LogP contribution in [0.2, 0.25) is 0 Å². The van der Waals surface area contributed by atoms with Gasteiger partial charge in [-0.2, -0.15) is 10.2 Å². The second-order valence-electron chi connectivity index (χ2n) is 5.85. The standard InChI is InChI=1S/C17H19N7/c1-3-4-8-24-17-13(11(2)23-24)9-12(10-19-17)20-16-15-14(21-22-16)6-5-7-18-15/h5-7,9-10H,3-4,8H2,1-2H3,(H2,20,21,22). The van der Waals surface area contributed by atoms with Gasteiger partial charge in [0.2, 0.25) is 0 Å². The Kier molecular flexibility index (Phi) is 3.60. The second-order valence-corrected chi connectivity index (χ2v) is 5.85. The third kappa shape index (κ3) is 2.47. The molecule has 0 amide bonds. The van der Waals surface area contributed by atoms with Gasteiger partial charge in [-0.1, -0.05) is 13.3 Å². The molecule has 0 radical (unpaired) electrons. The number of aromatic nitrogens is 6. The third-order valence-electron chi connectivity index (χ3n) is 4.08. The lowest BCUT2D eigenvalue weighted by molar-refractivity contribution is 0.580. The number of nitrogens with one attached hydrogen (secondary N) is 2. The predicted octanol–water partition coefficient (Wildman–Crippen LogP) is 3.55. The summed E-state index contributed by atoms with van der Waals surface area (Å²) in [7, 11) is 0. The molecule has 4 aromatic rings. The number of pyridine rings is 2. The minimum absolute atomic E-state index is 0.697. The lowest BCUT2D eigenvalue weighted by Gasteiger charge is -2.04. The molecule has 0 aromatic carbocycles. The summed E-state index contributed by atoms with van der Waals surface area (Å²) >= 11 is 0. The van der Waals surface area contributed by atoms with E-state index in [1.165, 1.54) is 0 Å². The molecule has 4 heterocycles. The summed E-state index contributed by atoms with van der Waals surface area (Å²) in [5, 5.41) is 16.2. The van der Waals surface area contributed by atoms with Gasteiger partial charge in [-0.3, -0.25) is 10.1 Å². The van der Waals surface area contributed by atoms with Crippen molar-refractivity contribution in [1.29, 1.82) is 0 Å². The smallest absolute Gasteiger partial charge is 0.178 e. The molecule has 0 spiro atoms. The summed E-state index contributed by atoms with van der Waals surface area (Å²) in [5.74, 6) is 0.697. The normalized spacial score (nSPS) is 11.4. The van der Waals surface area contributed by atoms with Crippen LogP contribution < -0.4 is 5.32 Å². The molecule has 0 aliphatic rings.